The van der Waals surface area contributed by atoms with Gasteiger partial charge in [0.15, 0.2) is 9.84 Å². The van der Waals surface area contributed by atoms with Crippen LogP contribution in [0.3, 0.4) is 0 Å². The second-order valence-corrected chi connectivity index (χ2v) is 11.5. The van der Waals surface area contributed by atoms with Crippen LogP contribution in [-0.2, 0) is 25.8 Å². The van der Waals surface area contributed by atoms with Crippen LogP contribution < -0.4 is 0 Å². The fourth-order valence-corrected chi connectivity index (χ4v) is 9.53. The van der Waals surface area contributed by atoms with Crippen molar-refractivity contribution in [3.05, 3.63) is 107 Å². The molecule has 0 amide bonds. The molecule has 0 aromatic heterocycles. The molecule has 0 radical (unpaired) electrons. The van der Waals surface area contributed by atoms with E-state index in [4.69, 9.17) is 4.74 Å². The van der Waals surface area contributed by atoms with Gasteiger partial charge in [-0.25, -0.2) is 8.42 Å². The Morgan fingerprint density at radius 2 is 1.03 bits per heavy atom. The first-order valence-corrected chi connectivity index (χ1v) is 12.5. The fourth-order valence-electron chi connectivity index (χ4n) is 7.31. The van der Waals surface area contributed by atoms with Gasteiger partial charge in [-0.2, -0.15) is 0 Å². The molecule has 2 saturated heterocycles. The number of fused-ring (bicyclic) bond motifs is 11. The van der Waals surface area contributed by atoms with Gasteiger partial charge in [0.1, 0.15) is 11.2 Å². The maximum absolute atomic E-state index is 12.7. The van der Waals surface area contributed by atoms with E-state index in [2.05, 4.69) is 72.8 Å². The van der Waals surface area contributed by atoms with Crippen molar-refractivity contribution in [1.82, 2.24) is 0 Å². The zero-order valence-electron chi connectivity index (χ0n) is 16.4. The Balaban J connectivity index is 1.56. The minimum absolute atomic E-state index is 0.166. The summed E-state index contributed by atoms with van der Waals surface area (Å²) in [5, 5.41) is 0. The van der Waals surface area contributed by atoms with E-state index >= 15 is 0 Å². The van der Waals surface area contributed by atoms with E-state index < -0.39 is 21.0 Å². The lowest BCUT2D eigenvalue weighted by Gasteiger charge is -2.55. The molecule has 30 heavy (non-hydrogen) atoms. The minimum Gasteiger partial charge on any atom is -0.349 e. The highest BCUT2D eigenvalue weighted by Crippen LogP contribution is 2.78. The largest absolute Gasteiger partial charge is 0.349 e. The third-order valence-electron chi connectivity index (χ3n) is 8.15. The molecular weight excluding hydrogens is 392 g/mol. The molecular formula is C26H22O3S. The van der Waals surface area contributed by atoms with Crippen molar-refractivity contribution in [2.24, 2.45) is 23.7 Å². The monoisotopic (exact) mass is 414 g/mol. The summed E-state index contributed by atoms with van der Waals surface area (Å²) >= 11 is 0. The van der Waals surface area contributed by atoms with Crippen molar-refractivity contribution in [2.75, 3.05) is 11.5 Å². The van der Waals surface area contributed by atoms with Crippen molar-refractivity contribution < 1.29 is 13.2 Å². The van der Waals surface area contributed by atoms with Gasteiger partial charge in [-0.1, -0.05) is 84.9 Å². The van der Waals surface area contributed by atoms with Gasteiger partial charge >= 0.3 is 0 Å². The average Bonchev–Trinajstić information content (AvgIpc) is 3.34. The molecule has 4 unspecified atom stereocenters. The van der Waals surface area contributed by atoms with Gasteiger partial charge in [-0.15, -0.1) is 0 Å². The van der Waals surface area contributed by atoms with Gasteiger partial charge in [0.2, 0.25) is 0 Å². The topological polar surface area (TPSA) is 43.4 Å². The quantitative estimate of drug-likeness (QED) is 0.593. The smallest absolute Gasteiger partial charge is 0.150 e. The maximum atomic E-state index is 12.7. The van der Waals surface area contributed by atoms with Crippen LogP contribution in [-0.4, -0.2) is 19.9 Å². The van der Waals surface area contributed by atoms with Crippen LogP contribution in [0.2, 0.25) is 0 Å². The van der Waals surface area contributed by atoms with Gasteiger partial charge in [0, 0.05) is 11.8 Å². The molecule has 7 rings (SSSR count). The number of ether oxygens (including phenoxy) is 1. The van der Waals surface area contributed by atoms with Crippen molar-refractivity contribution in [3.8, 4) is 0 Å². The average molecular weight is 415 g/mol. The van der Waals surface area contributed by atoms with Crippen molar-refractivity contribution in [2.45, 2.75) is 11.2 Å². The standard InChI is InChI=1S/C26H22O3S/c27-30(28)15-19-20(16-30)24-23(19)25(17-9-3-1-4-10-17)21-13-7-8-14-22(21)26(24,29-25)18-11-5-2-6-12-18/h1-14,19-20,23-24H,15-16H2/t19?,20?,23?,24?,25-,26+. The second-order valence-electron chi connectivity index (χ2n) is 9.31. The lowest BCUT2D eigenvalue weighted by atomic mass is 9.44. The first kappa shape index (κ1) is 17.3. The molecule has 4 heteroatoms. The predicted octanol–water partition coefficient (Wildman–Crippen LogP) is 4.12. The van der Waals surface area contributed by atoms with E-state index in [-0.39, 0.29) is 23.7 Å². The third kappa shape index (κ3) is 1.80. The normalized spacial score (nSPS) is 39.1. The summed E-state index contributed by atoms with van der Waals surface area (Å²) in [5.74, 6) is 1.28. The summed E-state index contributed by atoms with van der Waals surface area (Å²) in [7, 11) is -3.00. The second kappa shape index (κ2) is 5.43. The van der Waals surface area contributed by atoms with Crippen LogP contribution in [0.5, 0.6) is 0 Å². The molecule has 150 valence electrons. The highest BCUT2D eigenvalue weighted by molar-refractivity contribution is 7.91. The molecule has 1 aliphatic carbocycles. The van der Waals surface area contributed by atoms with E-state index in [1.54, 1.807) is 0 Å². The Labute approximate surface area is 176 Å². The summed E-state index contributed by atoms with van der Waals surface area (Å²) in [6.45, 7) is 0. The van der Waals surface area contributed by atoms with E-state index in [1.165, 1.54) is 11.1 Å². The van der Waals surface area contributed by atoms with Gasteiger partial charge in [-0.3, -0.25) is 0 Å². The first-order valence-electron chi connectivity index (χ1n) is 10.7. The van der Waals surface area contributed by atoms with Gasteiger partial charge < -0.3 is 4.74 Å². The minimum atomic E-state index is -3.00. The molecule has 2 bridgehead atoms. The van der Waals surface area contributed by atoms with Crippen LogP contribution >= 0.6 is 0 Å². The first-order chi connectivity index (χ1) is 14.6. The summed E-state index contributed by atoms with van der Waals surface area (Å²) in [4.78, 5) is 0. The molecule has 3 aliphatic heterocycles. The highest BCUT2D eigenvalue weighted by Gasteiger charge is 2.80. The van der Waals surface area contributed by atoms with Crippen LogP contribution in [0, 0.1) is 23.7 Å². The third-order valence-corrected chi connectivity index (χ3v) is 9.93. The molecule has 4 aliphatic rings. The Morgan fingerprint density at radius 3 is 1.47 bits per heavy atom. The number of sulfone groups is 1. The number of hydrogen-bond acceptors (Lipinski definition) is 3. The summed E-state index contributed by atoms with van der Waals surface area (Å²) in [6.07, 6.45) is 0. The summed E-state index contributed by atoms with van der Waals surface area (Å²) in [6, 6.07) is 29.5. The zero-order valence-corrected chi connectivity index (χ0v) is 17.3. The lowest BCUT2D eigenvalue weighted by molar-refractivity contribution is -0.0528. The predicted molar refractivity (Wildman–Crippen MR) is 115 cm³/mol. The Morgan fingerprint density at radius 1 is 0.633 bits per heavy atom. The zero-order chi connectivity index (χ0) is 20.1. The molecule has 6 atom stereocenters. The van der Waals surface area contributed by atoms with Crippen molar-refractivity contribution in [1.29, 1.82) is 0 Å². The molecule has 0 N–H and O–H groups in total. The van der Waals surface area contributed by atoms with E-state index in [0.29, 0.717) is 11.5 Å². The van der Waals surface area contributed by atoms with Crippen LogP contribution in [0.1, 0.15) is 22.3 Å². The van der Waals surface area contributed by atoms with Gasteiger partial charge in [-0.05, 0) is 34.1 Å². The maximum Gasteiger partial charge on any atom is 0.150 e. The van der Waals surface area contributed by atoms with Crippen molar-refractivity contribution in [3.63, 3.8) is 0 Å². The van der Waals surface area contributed by atoms with E-state index in [0.717, 1.165) is 11.1 Å². The molecule has 1 saturated carbocycles. The number of benzene rings is 3. The van der Waals surface area contributed by atoms with E-state index in [9.17, 15) is 8.42 Å². The highest BCUT2D eigenvalue weighted by atomic mass is 32.2. The molecule has 3 nitrogen and oxygen atoms in total. The molecule has 3 heterocycles. The lowest BCUT2D eigenvalue weighted by Crippen LogP contribution is -2.58. The fraction of sp³-hybridized carbons (Fsp3) is 0.308. The number of hydrogen-bond donors (Lipinski definition) is 0. The van der Waals surface area contributed by atoms with Crippen LogP contribution in [0.15, 0.2) is 84.9 Å². The Hall–Kier alpha value is -2.43. The van der Waals surface area contributed by atoms with Crippen LogP contribution in [0.4, 0.5) is 0 Å². The molecule has 3 aromatic rings. The SMILES string of the molecule is O=S1(=O)CC2C(C1)C1C2[C@]2(c3ccccc3)O[C@@]1(c1ccccc1)c1ccccc12. The van der Waals surface area contributed by atoms with E-state index in [1.807, 2.05) is 12.1 Å². The van der Waals surface area contributed by atoms with Crippen molar-refractivity contribution >= 4 is 9.84 Å². The van der Waals surface area contributed by atoms with Crippen LogP contribution in [0.25, 0.3) is 0 Å². The van der Waals surface area contributed by atoms with Gasteiger partial charge in [0.05, 0.1) is 11.5 Å². The molecule has 3 fully saturated rings. The Bertz CT molecular complexity index is 1180. The molecule has 3 aromatic carbocycles. The Kier molecular flexibility index (Phi) is 3.13. The summed E-state index contributed by atoms with van der Waals surface area (Å²) in [5.41, 5.74) is 3.54. The number of rotatable bonds is 2. The summed E-state index contributed by atoms with van der Waals surface area (Å²) < 4.78 is 32.6. The van der Waals surface area contributed by atoms with Gasteiger partial charge in [0.25, 0.3) is 0 Å². The molecule has 0 spiro atoms.